The molecule has 0 aliphatic rings. The van der Waals surface area contributed by atoms with Crippen molar-refractivity contribution in [3.63, 3.8) is 0 Å². The quantitative estimate of drug-likeness (QED) is 0.0626. The van der Waals surface area contributed by atoms with Crippen LogP contribution >= 0.6 is 0 Å². The molecule has 0 N–H and O–H groups in total. The summed E-state index contributed by atoms with van der Waals surface area (Å²) in [4.78, 5) is 25.2. The first-order valence-electron chi connectivity index (χ1n) is 15.9. The van der Waals surface area contributed by atoms with Crippen LogP contribution in [0.25, 0.3) is 0 Å². The van der Waals surface area contributed by atoms with E-state index in [2.05, 4.69) is 13.8 Å². The highest BCUT2D eigenvalue weighted by atomic mass is 16.6. The van der Waals surface area contributed by atoms with Crippen LogP contribution < -0.4 is 0 Å². The van der Waals surface area contributed by atoms with Crippen molar-refractivity contribution in [2.45, 2.75) is 175 Å². The lowest BCUT2D eigenvalue weighted by molar-refractivity contribution is -0.171. The van der Waals surface area contributed by atoms with Crippen molar-refractivity contribution in [2.24, 2.45) is 5.41 Å². The van der Waals surface area contributed by atoms with Gasteiger partial charge in [0, 0.05) is 0 Å². The number of rotatable bonds is 27. The molecule has 4 heteroatoms. The lowest BCUT2D eigenvalue weighted by Crippen LogP contribution is -2.39. The van der Waals surface area contributed by atoms with E-state index in [1.54, 1.807) is 6.92 Å². The van der Waals surface area contributed by atoms with Gasteiger partial charge in [0.1, 0.15) is 0 Å². The van der Waals surface area contributed by atoms with Crippen LogP contribution in [0.4, 0.5) is 0 Å². The van der Waals surface area contributed by atoms with Crippen molar-refractivity contribution in [3.05, 3.63) is 0 Å². The van der Waals surface area contributed by atoms with Crippen molar-refractivity contribution < 1.29 is 19.1 Å². The molecule has 0 aromatic carbocycles. The molecular weight excluding hydrogens is 448 g/mol. The van der Waals surface area contributed by atoms with Crippen LogP contribution in [0.3, 0.4) is 0 Å². The Morgan fingerprint density at radius 3 is 0.944 bits per heavy atom. The number of unbranched alkanes of at least 4 members (excludes halogenated alkanes) is 20. The molecule has 4 nitrogen and oxygen atoms in total. The molecule has 0 aromatic heterocycles. The van der Waals surface area contributed by atoms with E-state index in [1.807, 2.05) is 6.92 Å². The summed E-state index contributed by atoms with van der Waals surface area (Å²) >= 11 is 0. The molecule has 214 valence electrons. The van der Waals surface area contributed by atoms with Gasteiger partial charge in [-0.05, 0) is 26.2 Å². The summed E-state index contributed by atoms with van der Waals surface area (Å²) < 4.78 is 11.0. The zero-order valence-electron chi connectivity index (χ0n) is 24.8. The maximum absolute atomic E-state index is 12.6. The molecule has 0 aliphatic carbocycles. The average Bonchev–Trinajstić information content (AvgIpc) is 2.89. The van der Waals surface area contributed by atoms with Gasteiger partial charge >= 0.3 is 11.9 Å². The predicted molar refractivity (Wildman–Crippen MR) is 153 cm³/mol. The van der Waals surface area contributed by atoms with Gasteiger partial charge in [-0.2, -0.15) is 0 Å². The average molecular weight is 511 g/mol. The highest BCUT2D eigenvalue weighted by Crippen LogP contribution is 2.26. The van der Waals surface area contributed by atoms with Gasteiger partial charge in [-0.3, -0.25) is 9.59 Å². The molecule has 0 amide bonds. The van der Waals surface area contributed by atoms with E-state index in [0.29, 0.717) is 19.6 Å². The van der Waals surface area contributed by atoms with E-state index in [1.165, 1.54) is 116 Å². The molecule has 0 saturated heterocycles. The Kier molecular flexibility index (Phi) is 24.8. The smallest absolute Gasteiger partial charge is 0.323 e. The molecule has 0 saturated carbocycles. The van der Waals surface area contributed by atoms with Crippen LogP contribution in [-0.2, 0) is 19.1 Å². The van der Waals surface area contributed by atoms with E-state index in [9.17, 15) is 9.59 Å². The zero-order chi connectivity index (χ0) is 26.7. The third kappa shape index (κ3) is 19.1. The van der Waals surface area contributed by atoms with Crippen molar-refractivity contribution in [3.8, 4) is 0 Å². The lowest BCUT2D eigenvalue weighted by Gasteiger charge is -2.23. The van der Waals surface area contributed by atoms with Crippen LogP contribution in [0.15, 0.2) is 0 Å². The van der Waals surface area contributed by atoms with Crippen LogP contribution in [0, 0.1) is 5.41 Å². The number of esters is 2. The Labute approximate surface area is 225 Å². The SMILES string of the molecule is CCCCCCCCCCCCCOC(=O)C(C)(CC)C(=O)OCCCCCCCCCCCCC. The molecule has 0 bridgehead atoms. The summed E-state index contributed by atoms with van der Waals surface area (Å²) in [5, 5.41) is 0. The predicted octanol–water partition coefficient (Wildman–Crippen LogP) is 10.1. The van der Waals surface area contributed by atoms with Crippen molar-refractivity contribution in [1.82, 2.24) is 0 Å². The van der Waals surface area contributed by atoms with E-state index >= 15 is 0 Å². The van der Waals surface area contributed by atoms with Gasteiger partial charge in [0.2, 0.25) is 0 Å². The van der Waals surface area contributed by atoms with Crippen LogP contribution in [0.1, 0.15) is 175 Å². The molecule has 0 spiro atoms. The first kappa shape index (κ1) is 34.9. The Bertz CT molecular complexity index is 462. The summed E-state index contributed by atoms with van der Waals surface area (Å²) in [6.07, 6.45) is 28.1. The van der Waals surface area contributed by atoms with Gasteiger partial charge in [-0.1, -0.05) is 149 Å². The standard InChI is InChI=1S/C32H62O4/c1-5-8-10-12-14-16-18-20-22-24-26-28-35-30(33)32(4,7-3)31(34)36-29-27-25-23-21-19-17-15-13-11-9-6-2/h5-29H2,1-4H3. The molecule has 0 rings (SSSR count). The van der Waals surface area contributed by atoms with Crippen molar-refractivity contribution >= 4 is 11.9 Å². The second-order valence-corrected chi connectivity index (χ2v) is 11.0. The minimum Gasteiger partial charge on any atom is -0.465 e. The van der Waals surface area contributed by atoms with Crippen molar-refractivity contribution in [2.75, 3.05) is 13.2 Å². The monoisotopic (exact) mass is 510 g/mol. The molecule has 36 heavy (non-hydrogen) atoms. The fourth-order valence-electron chi connectivity index (χ4n) is 4.55. The Morgan fingerprint density at radius 1 is 0.444 bits per heavy atom. The van der Waals surface area contributed by atoms with Crippen LogP contribution in [-0.4, -0.2) is 25.2 Å². The van der Waals surface area contributed by atoms with Gasteiger partial charge in [-0.25, -0.2) is 0 Å². The number of hydrogen-bond acceptors (Lipinski definition) is 4. The van der Waals surface area contributed by atoms with Crippen LogP contribution in [0.5, 0.6) is 0 Å². The van der Waals surface area contributed by atoms with Gasteiger partial charge in [-0.15, -0.1) is 0 Å². The van der Waals surface area contributed by atoms with Gasteiger partial charge in [0.25, 0.3) is 0 Å². The summed E-state index contributed by atoms with van der Waals surface area (Å²) in [5.74, 6) is -0.859. The topological polar surface area (TPSA) is 52.6 Å². The first-order valence-corrected chi connectivity index (χ1v) is 15.9. The molecule has 0 fully saturated rings. The molecule has 0 atom stereocenters. The normalized spacial score (nSPS) is 11.6. The lowest BCUT2D eigenvalue weighted by atomic mass is 9.88. The summed E-state index contributed by atoms with van der Waals surface area (Å²) in [5.41, 5.74) is -1.18. The van der Waals surface area contributed by atoms with E-state index in [0.717, 1.165) is 25.7 Å². The maximum atomic E-state index is 12.6. The molecular formula is C32H62O4. The summed E-state index contributed by atoms with van der Waals surface area (Å²) in [6, 6.07) is 0. The highest BCUT2D eigenvalue weighted by molar-refractivity contribution is 5.99. The van der Waals surface area contributed by atoms with E-state index < -0.39 is 17.4 Å². The molecule has 0 radical (unpaired) electrons. The molecule has 0 heterocycles. The fourth-order valence-corrected chi connectivity index (χ4v) is 4.55. The third-order valence-electron chi connectivity index (χ3n) is 7.57. The largest absolute Gasteiger partial charge is 0.465 e. The van der Waals surface area contributed by atoms with Crippen molar-refractivity contribution in [1.29, 1.82) is 0 Å². The fraction of sp³-hybridized carbons (Fsp3) is 0.938. The van der Waals surface area contributed by atoms with E-state index in [-0.39, 0.29) is 0 Å². The first-order chi connectivity index (χ1) is 17.5. The van der Waals surface area contributed by atoms with E-state index in [4.69, 9.17) is 9.47 Å². The molecule has 0 aliphatic heterocycles. The van der Waals surface area contributed by atoms with Crippen LogP contribution in [0.2, 0.25) is 0 Å². The molecule has 0 unspecified atom stereocenters. The molecule has 0 aromatic rings. The number of hydrogen-bond donors (Lipinski definition) is 0. The number of ether oxygens (including phenoxy) is 2. The second kappa shape index (κ2) is 25.6. The van der Waals surface area contributed by atoms with Gasteiger partial charge < -0.3 is 9.47 Å². The Balaban J connectivity index is 3.76. The summed E-state index contributed by atoms with van der Waals surface area (Å²) in [7, 11) is 0. The highest BCUT2D eigenvalue weighted by Gasteiger charge is 2.42. The number of carbonyl (C=O) groups excluding carboxylic acids is 2. The Morgan fingerprint density at radius 2 is 0.694 bits per heavy atom. The van der Waals surface area contributed by atoms with Gasteiger partial charge in [0.15, 0.2) is 5.41 Å². The zero-order valence-corrected chi connectivity index (χ0v) is 24.8. The summed E-state index contributed by atoms with van der Waals surface area (Å²) in [6.45, 7) is 8.83. The minimum absolute atomic E-state index is 0.400. The number of carbonyl (C=O) groups is 2. The van der Waals surface area contributed by atoms with Gasteiger partial charge in [0.05, 0.1) is 13.2 Å². The minimum atomic E-state index is -1.18. The second-order valence-electron chi connectivity index (χ2n) is 11.0. The third-order valence-corrected chi connectivity index (χ3v) is 7.57. The Hall–Kier alpha value is -1.06. The maximum Gasteiger partial charge on any atom is 0.323 e.